The fourth-order valence-electron chi connectivity index (χ4n) is 1.10. The Kier molecular flexibility index (Phi) is 4.30. The Balaban J connectivity index is 2.77. The first-order valence-electron chi connectivity index (χ1n) is 4.44. The van der Waals surface area contributed by atoms with Crippen LogP contribution in [0, 0.1) is 0 Å². The molecule has 0 amide bonds. The summed E-state index contributed by atoms with van der Waals surface area (Å²) in [5.41, 5.74) is 5.51. The van der Waals surface area contributed by atoms with E-state index in [1.54, 1.807) is 0 Å². The van der Waals surface area contributed by atoms with Gasteiger partial charge in [0, 0.05) is 12.8 Å². The van der Waals surface area contributed by atoms with Crippen LogP contribution in [0.4, 0.5) is 14.5 Å². The van der Waals surface area contributed by atoms with Gasteiger partial charge in [0.2, 0.25) is 0 Å². The maximum atomic E-state index is 12.5. The van der Waals surface area contributed by atoms with Crippen LogP contribution >= 0.6 is 0 Å². The zero-order valence-electron chi connectivity index (χ0n) is 8.37. The van der Waals surface area contributed by atoms with Crippen molar-refractivity contribution in [2.75, 3.05) is 26.1 Å². The summed E-state index contributed by atoms with van der Waals surface area (Å²) >= 11 is 0. The number of halogens is 2. The lowest BCUT2D eigenvalue weighted by molar-refractivity contribution is 0.129. The molecule has 0 aromatic heterocycles. The van der Waals surface area contributed by atoms with Crippen LogP contribution in [-0.4, -0.2) is 20.3 Å². The van der Waals surface area contributed by atoms with Gasteiger partial charge in [-0.15, -0.1) is 0 Å². The standard InChI is InChI=1S/C10H13F2NO2/c1-14-4-5-15-9-3-2-7(13)6-8(9)10(11)12/h2-3,6,10H,4-5,13H2,1H3. The molecular formula is C10H13F2NO2. The first kappa shape index (κ1) is 11.7. The molecule has 0 bridgehead atoms. The molecule has 3 nitrogen and oxygen atoms in total. The van der Waals surface area contributed by atoms with Gasteiger partial charge in [0.1, 0.15) is 12.4 Å². The Morgan fingerprint density at radius 1 is 1.33 bits per heavy atom. The molecule has 0 saturated carbocycles. The van der Waals surface area contributed by atoms with Crippen LogP contribution < -0.4 is 10.5 Å². The number of methoxy groups -OCH3 is 1. The van der Waals surface area contributed by atoms with E-state index >= 15 is 0 Å². The van der Waals surface area contributed by atoms with Gasteiger partial charge >= 0.3 is 0 Å². The van der Waals surface area contributed by atoms with E-state index in [0.717, 1.165) is 0 Å². The van der Waals surface area contributed by atoms with E-state index in [-0.39, 0.29) is 17.9 Å². The monoisotopic (exact) mass is 217 g/mol. The van der Waals surface area contributed by atoms with Crippen LogP contribution in [0.3, 0.4) is 0 Å². The summed E-state index contributed by atoms with van der Waals surface area (Å²) in [6, 6.07) is 4.17. The van der Waals surface area contributed by atoms with Crippen LogP contribution in [0.5, 0.6) is 5.75 Å². The number of nitrogen functional groups attached to an aromatic ring is 1. The molecular weight excluding hydrogens is 204 g/mol. The van der Waals surface area contributed by atoms with E-state index < -0.39 is 6.43 Å². The smallest absolute Gasteiger partial charge is 0.267 e. The van der Waals surface area contributed by atoms with Crippen molar-refractivity contribution in [3.63, 3.8) is 0 Å². The highest BCUT2D eigenvalue weighted by molar-refractivity contribution is 5.48. The molecule has 0 aliphatic carbocycles. The summed E-state index contributed by atoms with van der Waals surface area (Å²) in [6.07, 6.45) is -2.59. The number of alkyl halides is 2. The number of ether oxygens (including phenoxy) is 2. The molecule has 0 radical (unpaired) electrons. The maximum Gasteiger partial charge on any atom is 0.267 e. The van der Waals surface area contributed by atoms with Crippen molar-refractivity contribution in [1.82, 2.24) is 0 Å². The second-order valence-electron chi connectivity index (χ2n) is 2.94. The van der Waals surface area contributed by atoms with Crippen LogP contribution in [0.2, 0.25) is 0 Å². The van der Waals surface area contributed by atoms with Gasteiger partial charge in [-0.3, -0.25) is 0 Å². The molecule has 2 N–H and O–H groups in total. The molecule has 0 unspecified atom stereocenters. The minimum Gasteiger partial charge on any atom is -0.491 e. The van der Waals surface area contributed by atoms with Crippen molar-refractivity contribution < 1.29 is 18.3 Å². The molecule has 1 rings (SSSR count). The summed E-state index contributed by atoms with van der Waals surface area (Å²) < 4.78 is 35.0. The quantitative estimate of drug-likeness (QED) is 0.607. The highest BCUT2D eigenvalue weighted by Crippen LogP contribution is 2.30. The van der Waals surface area contributed by atoms with Crippen molar-refractivity contribution in [1.29, 1.82) is 0 Å². The molecule has 5 heteroatoms. The number of hydrogen-bond acceptors (Lipinski definition) is 3. The van der Waals surface area contributed by atoms with Gasteiger partial charge in [0.15, 0.2) is 0 Å². The second-order valence-corrected chi connectivity index (χ2v) is 2.94. The number of hydrogen-bond donors (Lipinski definition) is 1. The Hall–Kier alpha value is -1.36. The molecule has 0 aliphatic rings. The van der Waals surface area contributed by atoms with Crippen LogP contribution in [0.25, 0.3) is 0 Å². The molecule has 0 spiro atoms. The van der Waals surface area contributed by atoms with Gasteiger partial charge in [0.05, 0.1) is 12.2 Å². The SMILES string of the molecule is COCCOc1ccc(N)cc1C(F)F. The van der Waals surface area contributed by atoms with Gasteiger partial charge in [-0.2, -0.15) is 0 Å². The molecule has 0 fully saturated rings. The Morgan fingerprint density at radius 2 is 2.07 bits per heavy atom. The summed E-state index contributed by atoms with van der Waals surface area (Å²) in [6.45, 7) is 0.590. The fraction of sp³-hybridized carbons (Fsp3) is 0.400. The number of benzene rings is 1. The number of anilines is 1. The normalized spacial score (nSPS) is 10.7. The zero-order valence-corrected chi connectivity index (χ0v) is 8.37. The van der Waals surface area contributed by atoms with Crippen molar-refractivity contribution in [3.8, 4) is 5.75 Å². The van der Waals surface area contributed by atoms with Gasteiger partial charge in [-0.25, -0.2) is 8.78 Å². The maximum absolute atomic E-state index is 12.5. The number of nitrogens with two attached hydrogens (primary N) is 1. The van der Waals surface area contributed by atoms with E-state index in [4.69, 9.17) is 15.2 Å². The first-order valence-corrected chi connectivity index (χ1v) is 4.44. The van der Waals surface area contributed by atoms with Crippen molar-refractivity contribution in [2.24, 2.45) is 0 Å². The Labute approximate surface area is 86.8 Å². The van der Waals surface area contributed by atoms with E-state index in [1.807, 2.05) is 0 Å². The number of rotatable bonds is 5. The predicted octanol–water partition coefficient (Wildman–Crippen LogP) is 2.23. The lowest BCUT2D eigenvalue weighted by Crippen LogP contribution is -2.06. The van der Waals surface area contributed by atoms with Crippen LogP contribution in [-0.2, 0) is 4.74 Å². The topological polar surface area (TPSA) is 44.5 Å². The van der Waals surface area contributed by atoms with Gasteiger partial charge in [-0.05, 0) is 18.2 Å². The van der Waals surface area contributed by atoms with Crippen molar-refractivity contribution >= 4 is 5.69 Å². The molecule has 0 aliphatic heterocycles. The molecule has 15 heavy (non-hydrogen) atoms. The fourth-order valence-corrected chi connectivity index (χ4v) is 1.10. The van der Waals surface area contributed by atoms with Gasteiger partial charge in [-0.1, -0.05) is 0 Å². The third-order valence-corrected chi connectivity index (χ3v) is 1.81. The van der Waals surface area contributed by atoms with Crippen molar-refractivity contribution in [3.05, 3.63) is 23.8 Å². The first-order chi connectivity index (χ1) is 7.15. The molecule has 1 aromatic rings. The summed E-state index contributed by atoms with van der Waals surface area (Å²) in [7, 11) is 1.51. The van der Waals surface area contributed by atoms with Gasteiger partial charge < -0.3 is 15.2 Å². The molecule has 1 aromatic carbocycles. The van der Waals surface area contributed by atoms with Crippen LogP contribution in [0.15, 0.2) is 18.2 Å². The largest absolute Gasteiger partial charge is 0.491 e. The predicted molar refractivity (Wildman–Crippen MR) is 53.2 cm³/mol. The van der Waals surface area contributed by atoms with E-state index in [9.17, 15) is 8.78 Å². The Morgan fingerprint density at radius 3 is 2.67 bits per heavy atom. The minimum absolute atomic E-state index is 0.149. The highest BCUT2D eigenvalue weighted by Gasteiger charge is 2.14. The molecule has 0 atom stereocenters. The molecule has 0 heterocycles. The average Bonchev–Trinajstić information content (AvgIpc) is 2.20. The highest BCUT2D eigenvalue weighted by atomic mass is 19.3. The zero-order chi connectivity index (χ0) is 11.3. The lowest BCUT2D eigenvalue weighted by Gasteiger charge is -2.11. The van der Waals surface area contributed by atoms with E-state index in [0.29, 0.717) is 12.3 Å². The molecule has 0 saturated heterocycles. The summed E-state index contributed by atoms with van der Waals surface area (Å²) in [5, 5.41) is 0. The second kappa shape index (κ2) is 5.50. The minimum atomic E-state index is -2.59. The van der Waals surface area contributed by atoms with Crippen LogP contribution in [0.1, 0.15) is 12.0 Å². The van der Waals surface area contributed by atoms with Gasteiger partial charge in [0.25, 0.3) is 6.43 Å². The third kappa shape index (κ3) is 3.36. The average molecular weight is 217 g/mol. The Bertz CT molecular complexity index is 318. The van der Waals surface area contributed by atoms with E-state index in [2.05, 4.69) is 0 Å². The lowest BCUT2D eigenvalue weighted by atomic mass is 10.2. The summed E-state index contributed by atoms with van der Waals surface area (Å²) in [4.78, 5) is 0. The van der Waals surface area contributed by atoms with Crippen molar-refractivity contribution in [2.45, 2.75) is 6.43 Å². The third-order valence-electron chi connectivity index (χ3n) is 1.81. The summed E-state index contributed by atoms with van der Waals surface area (Å²) in [5.74, 6) is 0.149. The van der Waals surface area contributed by atoms with E-state index in [1.165, 1.54) is 25.3 Å². The molecule has 84 valence electrons.